The Morgan fingerprint density at radius 2 is 1.61 bits per heavy atom. The van der Waals surface area contributed by atoms with Gasteiger partial charge in [0.05, 0.1) is 17.2 Å². The predicted octanol–water partition coefficient (Wildman–Crippen LogP) is 4.35. The molecule has 3 aromatic carbocycles. The van der Waals surface area contributed by atoms with Crippen molar-refractivity contribution >= 4 is 43.5 Å². The Hall–Kier alpha value is -3.44. The molecule has 0 saturated carbocycles. The van der Waals surface area contributed by atoms with E-state index in [1.165, 1.54) is 24.1 Å². The van der Waals surface area contributed by atoms with E-state index in [0.717, 1.165) is 38.6 Å². The summed E-state index contributed by atoms with van der Waals surface area (Å²) in [6.45, 7) is 3.31. The maximum atomic E-state index is 13.7. The Morgan fingerprint density at radius 1 is 1.00 bits per heavy atom. The minimum atomic E-state index is -4.28. The number of sulfonamides is 1. The number of anilines is 1. The number of nitrogens with zero attached hydrogens (tertiary/aromatic N) is 2. The number of benzene rings is 3. The van der Waals surface area contributed by atoms with E-state index < -0.39 is 40.2 Å². The van der Waals surface area contributed by atoms with Crippen LogP contribution in [0.5, 0.6) is 5.75 Å². The van der Waals surface area contributed by atoms with Crippen molar-refractivity contribution < 1.29 is 27.1 Å². The van der Waals surface area contributed by atoms with Gasteiger partial charge in [0, 0.05) is 18.1 Å². The molecule has 0 heterocycles. The zero-order valence-electron chi connectivity index (χ0n) is 21.2. The fourth-order valence-corrected chi connectivity index (χ4v) is 5.39. The molecule has 1 N–H and O–H groups in total. The van der Waals surface area contributed by atoms with E-state index in [4.69, 9.17) is 4.74 Å². The van der Waals surface area contributed by atoms with Crippen LogP contribution < -0.4 is 14.4 Å². The summed E-state index contributed by atoms with van der Waals surface area (Å²) < 4.78 is 48.2. The van der Waals surface area contributed by atoms with Crippen molar-refractivity contribution in [3.05, 3.63) is 88.6 Å². The number of likely N-dealkylation sites (N-methyl/N-ethyl adjacent to an activating group) is 1. The average Bonchev–Trinajstić information content (AvgIpc) is 2.91. The molecular weight excluding hydrogens is 577 g/mol. The van der Waals surface area contributed by atoms with Crippen molar-refractivity contribution in [3.8, 4) is 5.75 Å². The number of carbonyl (C=O) groups is 2. The van der Waals surface area contributed by atoms with E-state index >= 15 is 0 Å². The van der Waals surface area contributed by atoms with E-state index in [2.05, 4.69) is 21.2 Å². The van der Waals surface area contributed by atoms with Crippen LogP contribution in [0.25, 0.3) is 0 Å². The summed E-state index contributed by atoms with van der Waals surface area (Å²) in [6.07, 6.45) is 0. The Labute approximate surface area is 230 Å². The third-order valence-corrected chi connectivity index (χ3v) is 8.11. The minimum absolute atomic E-state index is 0.0778. The van der Waals surface area contributed by atoms with Gasteiger partial charge >= 0.3 is 0 Å². The van der Waals surface area contributed by atoms with Gasteiger partial charge in [-0.05, 0) is 80.1 Å². The third kappa shape index (κ3) is 7.11. The molecule has 8 nitrogen and oxygen atoms in total. The van der Waals surface area contributed by atoms with Crippen LogP contribution >= 0.6 is 15.9 Å². The van der Waals surface area contributed by atoms with Gasteiger partial charge < -0.3 is 15.0 Å². The summed E-state index contributed by atoms with van der Waals surface area (Å²) in [6, 6.07) is 17.0. The highest BCUT2D eigenvalue weighted by molar-refractivity contribution is 9.10. The van der Waals surface area contributed by atoms with E-state index in [1.54, 1.807) is 31.2 Å². The normalized spacial score (nSPS) is 11.9. The standard InChI is InChI=1S/C27H29BrFN3O5S/c1-4-37-24-13-11-23(12-14-24)32(38(35,36)25-15-9-22(29)10-16-25)18-26(33)31(19(2)27(34)30-3)17-20-5-7-21(28)8-6-20/h5-16,19H,4,17-18H2,1-3H3,(H,30,34)/t19-/m0/s1. The summed E-state index contributed by atoms with van der Waals surface area (Å²) in [5, 5.41) is 2.54. The molecule has 0 unspecified atom stereocenters. The summed E-state index contributed by atoms with van der Waals surface area (Å²) in [5.74, 6) is -1.05. The first-order valence-electron chi connectivity index (χ1n) is 11.8. The maximum Gasteiger partial charge on any atom is 0.264 e. The Bertz CT molecular complexity index is 1350. The van der Waals surface area contributed by atoms with Crippen LogP contribution in [0.15, 0.2) is 82.2 Å². The Balaban J connectivity index is 2.02. The number of ether oxygens (including phenoxy) is 1. The third-order valence-electron chi connectivity index (χ3n) is 5.80. The molecule has 38 heavy (non-hydrogen) atoms. The van der Waals surface area contributed by atoms with Gasteiger partial charge in [-0.3, -0.25) is 13.9 Å². The number of carbonyl (C=O) groups excluding carboxylic acids is 2. The monoisotopic (exact) mass is 605 g/mol. The van der Waals surface area contributed by atoms with Crippen LogP contribution in [0.2, 0.25) is 0 Å². The van der Waals surface area contributed by atoms with Gasteiger partial charge in [-0.15, -0.1) is 0 Å². The van der Waals surface area contributed by atoms with Crippen molar-refractivity contribution in [2.45, 2.75) is 31.3 Å². The number of nitrogens with one attached hydrogen (secondary N) is 1. The van der Waals surface area contributed by atoms with Crippen molar-refractivity contribution in [2.24, 2.45) is 0 Å². The average molecular weight is 607 g/mol. The van der Waals surface area contributed by atoms with Gasteiger partial charge in [-0.2, -0.15) is 0 Å². The van der Waals surface area contributed by atoms with Crippen molar-refractivity contribution in [1.82, 2.24) is 10.2 Å². The molecule has 0 spiro atoms. The van der Waals surface area contributed by atoms with Crippen molar-refractivity contribution in [2.75, 3.05) is 24.5 Å². The fraction of sp³-hybridized carbons (Fsp3) is 0.259. The summed E-state index contributed by atoms with van der Waals surface area (Å²) in [7, 11) is -2.82. The van der Waals surface area contributed by atoms with E-state index in [-0.39, 0.29) is 17.1 Å². The molecule has 3 rings (SSSR count). The quantitative estimate of drug-likeness (QED) is 0.351. The van der Waals surface area contributed by atoms with Crippen molar-refractivity contribution in [1.29, 1.82) is 0 Å². The zero-order valence-corrected chi connectivity index (χ0v) is 23.6. The zero-order chi connectivity index (χ0) is 27.9. The van der Waals surface area contributed by atoms with Gasteiger partial charge in [0.1, 0.15) is 24.2 Å². The molecule has 0 aliphatic rings. The second-order valence-corrected chi connectivity index (χ2v) is 11.1. The van der Waals surface area contributed by atoms with E-state index in [1.807, 2.05) is 19.1 Å². The van der Waals surface area contributed by atoms with E-state index in [0.29, 0.717) is 12.4 Å². The SMILES string of the molecule is CCOc1ccc(N(CC(=O)N(Cc2ccc(Br)cc2)[C@@H](C)C(=O)NC)S(=O)(=O)c2ccc(F)cc2)cc1. The number of rotatable bonds is 11. The van der Waals surface area contributed by atoms with Crippen LogP contribution in [0.4, 0.5) is 10.1 Å². The second-order valence-electron chi connectivity index (χ2n) is 8.33. The first kappa shape index (κ1) is 29.1. The maximum absolute atomic E-state index is 13.7. The number of hydrogen-bond donors (Lipinski definition) is 1. The highest BCUT2D eigenvalue weighted by atomic mass is 79.9. The largest absolute Gasteiger partial charge is 0.494 e. The Morgan fingerprint density at radius 3 is 2.16 bits per heavy atom. The first-order valence-corrected chi connectivity index (χ1v) is 14.1. The lowest BCUT2D eigenvalue weighted by Gasteiger charge is -2.31. The Kier molecular flexibility index (Phi) is 9.87. The first-order chi connectivity index (χ1) is 18.1. The van der Waals surface area contributed by atoms with Crippen LogP contribution in [-0.4, -0.2) is 51.4 Å². The summed E-state index contributed by atoms with van der Waals surface area (Å²) in [4.78, 5) is 27.4. The molecule has 0 aromatic heterocycles. The molecule has 0 aliphatic heterocycles. The number of amides is 2. The minimum Gasteiger partial charge on any atom is -0.494 e. The molecule has 0 fully saturated rings. The lowest BCUT2D eigenvalue weighted by Crippen LogP contribution is -2.50. The lowest BCUT2D eigenvalue weighted by molar-refractivity contribution is -0.139. The van der Waals surface area contributed by atoms with Crippen LogP contribution in [0.1, 0.15) is 19.4 Å². The molecule has 0 saturated heterocycles. The number of hydrogen-bond acceptors (Lipinski definition) is 5. The lowest BCUT2D eigenvalue weighted by atomic mass is 10.1. The van der Waals surface area contributed by atoms with Crippen LogP contribution in [-0.2, 0) is 26.2 Å². The molecule has 3 aromatic rings. The number of halogens is 2. The highest BCUT2D eigenvalue weighted by Crippen LogP contribution is 2.27. The van der Waals surface area contributed by atoms with Crippen LogP contribution in [0.3, 0.4) is 0 Å². The van der Waals surface area contributed by atoms with Gasteiger partial charge in [0.15, 0.2) is 0 Å². The van der Waals surface area contributed by atoms with E-state index in [9.17, 15) is 22.4 Å². The van der Waals surface area contributed by atoms with Gasteiger partial charge in [-0.1, -0.05) is 28.1 Å². The fourth-order valence-electron chi connectivity index (χ4n) is 3.72. The molecule has 1 atom stereocenters. The highest BCUT2D eigenvalue weighted by Gasteiger charge is 2.32. The van der Waals surface area contributed by atoms with Crippen molar-refractivity contribution in [3.63, 3.8) is 0 Å². The summed E-state index contributed by atoms with van der Waals surface area (Å²) >= 11 is 3.38. The smallest absolute Gasteiger partial charge is 0.264 e. The van der Waals surface area contributed by atoms with Gasteiger partial charge in [0.25, 0.3) is 10.0 Å². The van der Waals surface area contributed by atoms with Gasteiger partial charge in [-0.25, -0.2) is 12.8 Å². The predicted molar refractivity (Wildman–Crippen MR) is 147 cm³/mol. The molecule has 2 amide bonds. The molecule has 0 aliphatic carbocycles. The molecule has 0 bridgehead atoms. The molecule has 0 radical (unpaired) electrons. The van der Waals surface area contributed by atoms with Crippen LogP contribution in [0, 0.1) is 5.82 Å². The molecule has 202 valence electrons. The summed E-state index contributed by atoms with van der Waals surface area (Å²) in [5.41, 5.74) is 0.966. The van der Waals surface area contributed by atoms with Gasteiger partial charge in [0.2, 0.25) is 11.8 Å². The topological polar surface area (TPSA) is 96.0 Å². The molecular formula is C27H29BrFN3O5S. The second kappa shape index (κ2) is 12.9. The molecule has 11 heteroatoms.